The summed E-state index contributed by atoms with van der Waals surface area (Å²) in [4.78, 5) is 22.5. The van der Waals surface area contributed by atoms with Crippen LogP contribution in [0, 0.1) is 11.6 Å². The average molecular weight is 333 g/mol. The van der Waals surface area contributed by atoms with Gasteiger partial charge in [-0.05, 0) is 31.0 Å². The first-order chi connectivity index (χ1) is 11.6. The Morgan fingerprint density at radius 3 is 2.58 bits per heavy atom. The first kappa shape index (κ1) is 16.1. The molecule has 1 aromatic carbocycles. The third-order valence-electron chi connectivity index (χ3n) is 3.72. The minimum Gasteiger partial charge on any atom is -0.341 e. The number of carbonyl (C=O) groups is 1. The SMILES string of the molecule is O=C(NCc1ccnc(N2CCCC2)n1)Nc1c(F)cccc1F. The van der Waals surface area contributed by atoms with Gasteiger partial charge in [0.15, 0.2) is 0 Å². The molecule has 0 bridgehead atoms. The van der Waals surface area contributed by atoms with Crippen LogP contribution in [-0.2, 0) is 6.54 Å². The van der Waals surface area contributed by atoms with Gasteiger partial charge in [0.05, 0.1) is 12.2 Å². The molecule has 2 amide bonds. The lowest BCUT2D eigenvalue weighted by Gasteiger charge is -2.15. The van der Waals surface area contributed by atoms with Gasteiger partial charge in [-0.3, -0.25) is 0 Å². The number of carbonyl (C=O) groups excluding carboxylic acids is 1. The van der Waals surface area contributed by atoms with Crippen LogP contribution < -0.4 is 15.5 Å². The van der Waals surface area contributed by atoms with E-state index in [2.05, 4.69) is 25.5 Å². The molecule has 0 spiro atoms. The van der Waals surface area contributed by atoms with Gasteiger partial charge in [-0.2, -0.15) is 0 Å². The maximum atomic E-state index is 13.5. The predicted molar refractivity (Wildman–Crippen MR) is 85.7 cm³/mol. The van der Waals surface area contributed by atoms with Gasteiger partial charge in [0.1, 0.15) is 17.3 Å². The average Bonchev–Trinajstić information content (AvgIpc) is 3.11. The van der Waals surface area contributed by atoms with E-state index in [4.69, 9.17) is 0 Å². The summed E-state index contributed by atoms with van der Waals surface area (Å²) in [5, 5.41) is 4.69. The Bertz CT molecular complexity index is 714. The van der Waals surface area contributed by atoms with Gasteiger partial charge in [-0.15, -0.1) is 0 Å². The van der Waals surface area contributed by atoms with Crippen LogP contribution in [0.4, 0.5) is 25.2 Å². The van der Waals surface area contributed by atoms with E-state index in [0.717, 1.165) is 38.1 Å². The second-order valence-corrected chi connectivity index (χ2v) is 5.45. The largest absolute Gasteiger partial charge is 0.341 e. The van der Waals surface area contributed by atoms with Crippen LogP contribution >= 0.6 is 0 Å². The predicted octanol–water partition coefficient (Wildman–Crippen LogP) is 2.68. The number of para-hydroxylation sites is 1. The van der Waals surface area contributed by atoms with E-state index >= 15 is 0 Å². The number of benzene rings is 1. The van der Waals surface area contributed by atoms with Crippen LogP contribution in [0.3, 0.4) is 0 Å². The van der Waals surface area contributed by atoms with Crippen molar-refractivity contribution in [2.75, 3.05) is 23.3 Å². The molecule has 2 aromatic rings. The lowest BCUT2D eigenvalue weighted by atomic mass is 10.3. The summed E-state index contributed by atoms with van der Waals surface area (Å²) >= 11 is 0. The highest BCUT2D eigenvalue weighted by molar-refractivity contribution is 5.89. The van der Waals surface area contributed by atoms with Crippen LogP contribution in [0.15, 0.2) is 30.5 Å². The van der Waals surface area contributed by atoms with Crippen LogP contribution in [0.2, 0.25) is 0 Å². The molecule has 6 nitrogen and oxygen atoms in total. The number of hydrogen-bond acceptors (Lipinski definition) is 4. The molecule has 0 radical (unpaired) electrons. The summed E-state index contributed by atoms with van der Waals surface area (Å²) < 4.78 is 27.0. The second-order valence-electron chi connectivity index (χ2n) is 5.45. The Kier molecular flexibility index (Phi) is 4.83. The van der Waals surface area contributed by atoms with Crippen molar-refractivity contribution in [3.05, 3.63) is 47.8 Å². The van der Waals surface area contributed by atoms with Crippen molar-refractivity contribution >= 4 is 17.7 Å². The molecule has 1 aliphatic rings. The number of halogens is 2. The van der Waals surface area contributed by atoms with E-state index < -0.39 is 23.4 Å². The van der Waals surface area contributed by atoms with Crippen molar-refractivity contribution in [1.29, 1.82) is 0 Å². The van der Waals surface area contributed by atoms with Gasteiger partial charge < -0.3 is 15.5 Å². The molecule has 1 saturated heterocycles. The number of anilines is 2. The van der Waals surface area contributed by atoms with Gasteiger partial charge in [0, 0.05) is 19.3 Å². The summed E-state index contributed by atoms with van der Waals surface area (Å²) in [6.45, 7) is 1.97. The normalized spacial score (nSPS) is 13.8. The molecule has 1 aromatic heterocycles. The molecule has 0 atom stereocenters. The van der Waals surface area contributed by atoms with E-state index in [9.17, 15) is 13.6 Å². The van der Waals surface area contributed by atoms with Crippen molar-refractivity contribution in [2.24, 2.45) is 0 Å². The van der Waals surface area contributed by atoms with E-state index in [1.165, 1.54) is 6.07 Å². The molecule has 1 fully saturated rings. The zero-order valence-electron chi connectivity index (χ0n) is 12.9. The molecule has 24 heavy (non-hydrogen) atoms. The highest BCUT2D eigenvalue weighted by Crippen LogP contribution is 2.18. The Labute approximate surface area is 137 Å². The van der Waals surface area contributed by atoms with Crippen LogP contribution in [0.5, 0.6) is 0 Å². The molecule has 8 heteroatoms. The fraction of sp³-hybridized carbons (Fsp3) is 0.312. The standard InChI is InChI=1S/C16H17F2N5O/c17-12-4-3-5-13(18)14(12)22-16(24)20-10-11-6-7-19-15(21-11)23-8-1-2-9-23/h3-7H,1-2,8-10H2,(H2,20,22,24). The van der Waals surface area contributed by atoms with Crippen LogP contribution in [0.25, 0.3) is 0 Å². The molecule has 2 N–H and O–H groups in total. The number of hydrogen-bond donors (Lipinski definition) is 2. The van der Waals surface area contributed by atoms with Crippen molar-refractivity contribution in [2.45, 2.75) is 19.4 Å². The van der Waals surface area contributed by atoms with Gasteiger partial charge in [-0.1, -0.05) is 6.07 Å². The number of amides is 2. The third kappa shape index (κ3) is 3.76. The van der Waals surface area contributed by atoms with E-state index in [1.54, 1.807) is 12.3 Å². The number of urea groups is 1. The Balaban J connectivity index is 1.59. The topological polar surface area (TPSA) is 70.2 Å². The lowest BCUT2D eigenvalue weighted by Crippen LogP contribution is -2.29. The second kappa shape index (κ2) is 7.20. The molecule has 0 saturated carbocycles. The summed E-state index contributed by atoms with van der Waals surface area (Å²) in [7, 11) is 0. The molecule has 0 unspecified atom stereocenters. The maximum absolute atomic E-state index is 13.5. The fourth-order valence-corrected chi connectivity index (χ4v) is 2.50. The molecule has 126 valence electrons. The highest BCUT2D eigenvalue weighted by atomic mass is 19.1. The monoisotopic (exact) mass is 333 g/mol. The Hall–Kier alpha value is -2.77. The molecular formula is C16H17F2N5O. The summed E-state index contributed by atoms with van der Waals surface area (Å²) in [5.74, 6) is -1.03. The quantitative estimate of drug-likeness (QED) is 0.902. The van der Waals surface area contributed by atoms with Crippen molar-refractivity contribution in [1.82, 2.24) is 15.3 Å². The molecule has 2 heterocycles. The van der Waals surface area contributed by atoms with Gasteiger partial charge in [0.2, 0.25) is 5.95 Å². The first-order valence-corrected chi connectivity index (χ1v) is 7.69. The first-order valence-electron chi connectivity index (χ1n) is 7.69. The Morgan fingerprint density at radius 2 is 1.88 bits per heavy atom. The van der Waals surface area contributed by atoms with Crippen molar-refractivity contribution in [3.63, 3.8) is 0 Å². The molecule has 3 rings (SSSR count). The van der Waals surface area contributed by atoms with E-state index in [-0.39, 0.29) is 6.54 Å². The third-order valence-corrected chi connectivity index (χ3v) is 3.72. The van der Waals surface area contributed by atoms with Crippen LogP contribution in [0.1, 0.15) is 18.5 Å². The van der Waals surface area contributed by atoms with Gasteiger partial charge in [0.25, 0.3) is 0 Å². The number of nitrogens with one attached hydrogen (secondary N) is 2. The highest BCUT2D eigenvalue weighted by Gasteiger charge is 2.15. The summed E-state index contributed by atoms with van der Waals surface area (Å²) in [6.07, 6.45) is 3.86. The van der Waals surface area contributed by atoms with Gasteiger partial charge in [-0.25, -0.2) is 23.5 Å². The zero-order chi connectivity index (χ0) is 16.9. The summed E-state index contributed by atoms with van der Waals surface area (Å²) in [5.41, 5.74) is 0.145. The number of nitrogens with zero attached hydrogens (tertiary/aromatic N) is 3. The smallest absolute Gasteiger partial charge is 0.319 e. The van der Waals surface area contributed by atoms with Crippen molar-refractivity contribution in [3.8, 4) is 0 Å². The molecule has 1 aliphatic heterocycles. The van der Waals surface area contributed by atoms with E-state index in [1.807, 2.05) is 0 Å². The molecular weight excluding hydrogens is 316 g/mol. The van der Waals surface area contributed by atoms with Gasteiger partial charge >= 0.3 is 6.03 Å². The maximum Gasteiger partial charge on any atom is 0.319 e. The van der Waals surface area contributed by atoms with E-state index in [0.29, 0.717) is 11.6 Å². The summed E-state index contributed by atoms with van der Waals surface area (Å²) in [6, 6.07) is 4.36. The van der Waals surface area contributed by atoms with Crippen LogP contribution in [-0.4, -0.2) is 29.1 Å². The Morgan fingerprint density at radius 1 is 1.17 bits per heavy atom. The lowest BCUT2D eigenvalue weighted by molar-refractivity contribution is 0.251. The number of aromatic nitrogens is 2. The minimum absolute atomic E-state index is 0.130. The fourth-order valence-electron chi connectivity index (χ4n) is 2.50. The minimum atomic E-state index is -0.830. The molecule has 0 aliphatic carbocycles. The number of rotatable bonds is 4. The van der Waals surface area contributed by atoms with Crippen molar-refractivity contribution < 1.29 is 13.6 Å². The zero-order valence-corrected chi connectivity index (χ0v) is 12.9.